The van der Waals surface area contributed by atoms with Gasteiger partial charge in [0, 0.05) is 5.56 Å². The lowest BCUT2D eigenvalue weighted by molar-refractivity contribution is 0.00578. The minimum atomic E-state index is -1.20. The van der Waals surface area contributed by atoms with Crippen LogP contribution in [-0.4, -0.2) is 35.8 Å². The highest BCUT2D eigenvalue weighted by Gasteiger charge is 2.52. The number of carbonyl (C=O) groups is 2. The Morgan fingerprint density at radius 2 is 1.81 bits per heavy atom. The first-order valence-corrected chi connectivity index (χ1v) is 9.85. The average molecular weight is 429 g/mol. The first kappa shape index (κ1) is 22.8. The lowest BCUT2D eigenvalue weighted by Gasteiger charge is -2.32. The van der Waals surface area contributed by atoms with Crippen molar-refractivity contribution in [3.8, 4) is 11.5 Å². The van der Waals surface area contributed by atoms with Crippen LogP contribution >= 0.6 is 0 Å². The predicted molar refractivity (Wildman–Crippen MR) is 114 cm³/mol. The molecule has 1 amide bonds. The first-order valence-electron chi connectivity index (χ1n) is 9.85. The molecule has 0 aliphatic carbocycles. The van der Waals surface area contributed by atoms with Crippen molar-refractivity contribution in [2.45, 2.75) is 51.9 Å². The van der Waals surface area contributed by atoms with Gasteiger partial charge in [-0.05, 0) is 76.0 Å². The number of amides is 1. The van der Waals surface area contributed by atoms with E-state index in [9.17, 15) is 14.0 Å². The maximum Gasteiger partial charge on any atom is 0.495 e. The minimum Gasteiger partial charge on any atom is -0.465 e. The van der Waals surface area contributed by atoms with Crippen LogP contribution < -0.4 is 15.5 Å². The number of ether oxygens (including phenoxy) is 1. The lowest BCUT2D eigenvalue weighted by atomic mass is 9.76. The van der Waals surface area contributed by atoms with Crippen molar-refractivity contribution in [1.82, 2.24) is 5.32 Å². The van der Waals surface area contributed by atoms with Gasteiger partial charge in [-0.1, -0.05) is 6.07 Å². The number of aldehydes is 1. The summed E-state index contributed by atoms with van der Waals surface area (Å²) in [6.07, 6.45) is -0.491. The molecule has 7 nitrogen and oxygen atoms in total. The molecule has 2 aromatic carbocycles. The van der Waals surface area contributed by atoms with Crippen molar-refractivity contribution in [1.29, 1.82) is 0 Å². The van der Waals surface area contributed by atoms with E-state index in [-0.39, 0.29) is 5.75 Å². The fraction of sp³-hybridized carbons (Fsp3) is 0.364. The molecule has 1 aliphatic heterocycles. The van der Waals surface area contributed by atoms with Gasteiger partial charge in [0.05, 0.1) is 17.2 Å². The summed E-state index contributed by atoms with van der Waals surface area (Å²) in [5.41, 5.74) is 0.161. The van der Waals surface area contributed by atoms with Crippen LogP contribution in [-0.2, 0) is 9.31 Å². The van der Waals surface area contributed by atoms with Gasteiger partial charge >= 0.3 is 13.2 Å². The van der Waals surface area contributed by atoms with Gasteiger partial charge in [0.25, 0.3) is 0 Å². The summed E-state index contributed by atoms with van der Waals surface area (Å²) in [5.74, 6) is -0.378. The highest BCUT2D eigenvalue weighted by molar-refractivity contribution is 6.63. The average Bonchev–Trinajstić information content (AvgIpc) is 2.90. The van der Waals surface area contributed by atoms with Crippen molar-refractivity contribution in [2.75, 3.05) is 0 Å². The molecular weight excluding hydrogens is 404 g/mol. The van der Waals surface area contributed by atoms with E-state index in [2.05, 4.69) is 5.32 Å². The third-order valence-electron chi connectivity index (χ3n) is 5.72. The topological polar surface area (TPSA) is 94.1 Å². The first-order chi connectivity index (χ1) is 14.4. The summed E-state index contributed by atoms with van der Waals surface area (Å²) in [7, 11) is -0.774. The summed E-state index contributed by atoms with van der Waals surface area (Å²) in [6, 6.07) is 8.34. The molecule has 2 aromatic rings. The van der Waals surface area contributed by atoms with Crippen molar-refractivity contribution < 1.29 is 33.1 Å². The molecule has 0 radical (unpaired) electrons. The quantitative estimate of drug-likeness (QED) is 0.532. The Morgan fingerprint density at radius 3 is 2.35 bits per heavy atom. The Balaban J connectivity index is 1.86. The third kappa shape index (κ3) is 4.72. The van der Waals surface area contributed by atoms with Crippen molar-refractivity contribution >= 4 is 25.0 Å². The fourth-order valence-electron chi connectivity index (χ4n) is 3.16. The van der Waals surface area contributed by atoms with Gasteiger partial charge in [-0.3, -0.25) is 4.79 Å². The second-order valence-corrected chi connectivity index (χ2v) is 8.46. The molecule has 1 aliphatic rings. The molecule has 0 bridgehead atoms. The number of halogens is 1. The highest BCUT2D eigenvalue weighted by atomic mass is 19.1. The Labute approximate surface area is 180 Å². The van der Waals surface area contributed by atoms with E-state index >= 15 is 0 Å². The van der Waals surface area contributed by atoms with Gasteiger partial charge in [-0.15, -0.1) is 0 Å². The largest absolute Gasteiger partial charge is 0.495 e. The lowest BCUT2D eigenvalue weighted by Crippen LogP contribution is -2.41. The van der Waals surface area contributed by atoms with E-state index in [0.29, 0.717) is 28.6 Å². The van der Waals surface area contributed by atoms with E-state index in [1.54, 1.807) is 31.2 Å². The zero-order chi connectivity index (χ0) is 23.0. The van der Waals surface area contributed by atoms with Gasteiger partial charge in [-0.25, -0.2) is 9.18 Å². The smallest absolute Gasteiger partial charge is 0.465 e. The highest BCUT2D eigenvalue weighted by Crippen LogP contribution is 2.37. The predicted octanol–water partition coefficient (Wildman–Crippen LogP) is 4.06. The van der Waals surface area contributed by atoms with Gasteiger partial charge in [0.1, 0.15) is 12.0 Å². The van der Waals surface area contributed by atoms with E-state index in [4.69, 9.17) is 19.2 Å². The molecule has 2 N–H and O–H groups in total. The van der Waals surface area contributed by atoms with Crippen LogP contribution in [0.1, 0.15) is 56.6 Å². The van der Waals surface area contributed by atoms with Crippen LogP contribution in [0.2, 0.25) is 0 Å². The van der Waals surface area contributed by atoms with Crippen LogP contribution in [0.25, 0.3) is 0 Å². The third-order valence-corrected chi connectivity index (χ3v) is 5.72. The minimum absolute atomic E-state index is 0.0370. The van der Waals surface area contributed by atoms with Crippen molar-refractivity contribution in [3.63, 3.8) is 0 Å². The summed E-state index contributed by atoms with van der Waals surface area (Å²) in [4.78, 5) is 22.3. The standard InChI is InChI=1S/C22H25BFNO6/c1-13(25-20(27)28)14-7-9-19(18(24)10-14)29-16-8-6-15(12-26)17(11-16)23-30-21(2,3)22(4,5)31-23/h6-13,25H,1-5H3,(H,27,28). The second-order valence-electron chi connectivity index (χ2n) is 8.46. The maximum atomic E-state index is 14.6. The zero-order valence-electron chi connectivity index (χ0n) is 18.1. The van der Waals surface area contributed by atoms with Crippen LogP contribution in [0.15, 0.2) is 36.4 Å². The summed E-state index contributed by atoms with van der Waals surface area (Å²) < 4.78 is 32.3. The van der Waals surface area contributed by atoms with Gasteiger partial charge in [0.2, 0.25) is 0 Å². The molecule has 164 valence electrons. The molecular formula is C22H25BFNO6. The number of hydrogen-bond donors (Lipinski definition) is 2. The summed E-state index contributed by atoms with van der Waals surface area (Å²) in [6.45, 7) is 9.24. The van der Waals surface area contributed by atoms with Gasteiger partial charge in [0.15, 0.2) is 11.6 Å². The molecule has 1 saturated heterocycles. The molecule has 0 aromatic heterocycles. The van der Waals surface area contributed by atoms with Crippen LogP contribution in [0.4, 0.5) is 9.18 Å². The van der Waals surface area contributed by atoms with Crippen LogP contribution in [0.3, 0.4) is 0 Å². The number of hydrogen-bond acceptors (Lipinski definition) is 5. The maximum absolute atomic E-state index is 14.6. The summed E-state index contributed by atoms with van der Waals surface area (Å²) in [5, 5.41) is 11.1. The monoisotopic (exact) mass is 429 g/mol. The SMILES string of the molecule is CC(NC(=O)O)c1ccc(Oc2ccc(C=O)c(B3OC(C)(C)C(C)(C)O3)c2)c(F)c1. The molecule has 1 fully saturated rings. The zero-order valence-corrected chi connectivity index (χ0v) is 18.1. The Hall–Kier alpha value is -2.91. The molecule has 1 heterocycles. The number of nitrogens with one attached hydrogen (secondary N) is 1. The number of carbonyl (C=O) groups excluding carboxylic acids is 1. The van der Waals surface area contributed by atoms with Crippen LogP contribution in [0, 0.1) is 5.82 Å². The van der Waals surface area contributed by atoms with Crippen molar-refractivity contribution in [2.24, 2.45) is 0 Å². The van der Waals surface area contributed by atoms with Gasteiger partial charge < -0.3 is 24.5 Å². The molecule has 0 spiro atoms. The Kier molecular flexibility index (Phi) is 6.11. The number of benzene rings is 2. The van der Waals surface area contributed by atoms with Crippen LogP contribution in [0.5, 0.6) is 11.5 Å². The second kappa shape index (κ2) is 8.32. The fourth-order valence-corrected chi connectivity index (χ4v) is 3.16. The normalized spacial score (nSPS) is 17.8. The Morgan fingerprint density at radius 1 is 1.16 bits per heavy atom. The van der Waals surface area contributed by atoms with Gasteiger partial charge in [-0.2, -0.15) is 0 Å². The molecule has 1 unspecified atom stereocenters. The Bertz CT molecular complexity index is 993. The number of carboxylic acid groups (broad SMARTS) is 1. The molecule has 1 atom stereocenters. The molecule has 3 rings (SSSR count). The van der Waals surface area contributed by atoms with E-state index in [1.807, 2.05) is 27.7 Å². The molecule has 31 heavy (non-hydrogen) atoms. The molecule has 0 saturated carbocycles. The van der Waals surface area contributed by atoms with E-state index in [1.165, 1.54) is 12.1 Å². The van der Waals surface area contributed by atoms with E-state index < -0.39 is 36.3 Å². The number of rotatable bonds is 6. The summed E-state index contributed by atoms with van der Waals surface area (Å²) >= 11 is 0. The van der Waals surface area contributed by atoms with E-state index in [0.717, 1.165) is 0 Å². The van der Waals surface area contributed by atoms with Crippen molar-refractivity contribution in [3.05, 3.63) is 53.3 Å². The molecule has 9 heteroatoms.